The predicted molar refractivity (Wildman–Crippen MR) is 75.5 cm³/mol. The SMILES string of the molecule is CC12C=CC(Br)=CC1C(=O)c1cc(Br)ccc12. The number of Topliss-reactive ketones (excluding diaryl/α,β-unsaturated/α-hetero) is 1. The second-order valence-electron chi connectivity index (χ2n) is 4.70. The molecule has 86 valence electrons. The zero-order valence-electron chi connectivity index (χ0n) is 9.21. The van der Waals surface area contributed by atoms with Crippen LogP contribution < -0.4 is 0 Å². The minimum absolute atomic E-state index is 0.0776. The van der Waals surface area contributed by atoms with E-state index in [1.165, 1.54) is 0 Å². The number of benzene rings is 1. The van der Waals surface area contributed by atoms with Crippen LogP contribution in [0.15, 0.2) is 45.4 Å². The van der Waals surface area contributed by atoms with Gasteiger partial charge < -0.3 is 0 Å². The van der Waals surface area contributed by atoms with Crippen LogP contribution in [0, 0.1) is 5.92 Å². The molecule has 2 aliphatic carbocycles. The smallest absolute Gasteiger partial charge is 0.171 e. The summed E-state index contributed by atoms with van der Waals surface area (Å²) in [4.78, 5) is 12.4. The summed E-state index contributed by atoms with van der Waals surface area (Å²) in [5.41, 5.74) is 1.78. The van der Waals surface area contributed by atoms with Gasteiger partial charge in [-0.15, -0.1) is 0 Å². The van der Waals surface area contributed by atoms with E-state index in [2.05, 4.69) is 50.9 Å². The molecule has 1 nitrogen and oxygen atoms in total. The van der Waals surface area contributed by atoms with Crippen LogP contribution in [-0.2, 0) is 5.41 Å². The van der Waals surface area contributed by atoms with Crippen LogP contribution in [0.1, 0.15) is 22.8 Å². The molecule has 0 radical (unpaired) electrons. The zero-order chi connectivity index (χ0) is 12.2. The highest BCUT2D eigenvalue weighted by Gasteiger charge is 2.47. The summed E-state index contributed by atoms with van der Waals surface area (Å²) >= 11 is 6.87. The molecule has 2 atom stereocenters. The lowest BCUT2D eigenvalue weighted by Crippen LogP contribution is -2.28. The topological polar surface area (TPSA) is 17.1 Å². The molecule has 0 aliphatic heterocycles. The number of rotatable bonds is 0. The van der Waals surface area contributed by atoms with Crippen molar-refractivity contribution in [3.8, 4) is 0 Å². The average molecular weight is 354 g/mol. The lowest BCUT2D eigenvalue weighted by Gasteiger charge is -2.29. The Morgan fingerprint density at radius 2 is 2.06 bits per heavy atom. The third kappa shape index (κ3) is 1.52. The Kier molecular flexibility index (Phi) is 2.46. The van der Waals surface area contributed by atoms with E-state index in [4.69, 9.17) is 0 Å². The fraction of sp³-hybridized carbons (Fsp3) is 0.214. The molecule has 0 heterocycles. The standard InChI is InChI=1S/C14H10Br2O/c1-14-5-4-9(16)7-12(14)13(17)10-6-8(15)2-3-11(10)14/h2-7,12H,1H3. The fourth-order valence-electron chi connectivity index (χ4n) is 2.71. The van der Waals surface area contributed by atoms with Crippen molar-refractivity contribution in [2.45, 2.75) is 12.3 Å². The van der Waals surface area contributed by atoms with Crippen LogP contribution in [0.3, 0.4) is 0 Å². The average Bonchev–Trinajstić information content (AvgIpc) is 2.50. The van der Waals surface area contributed by atoms with Gasteiger partial charge in [0.25, 0.3) is 0 Å². The Morgan fingerprint density at radius 3 is 2.82 bits per heavy atom. The molecule has 0 saturated heterocycles. The van der Waals surface area contributed by atoms with Crippen molar-refractivity contribution in [2.75, 3.05) is 0 Å². The highest BCUT2D eigenvalue weighted by molar-refractivity contribution is 9.12. The number of carbonyl (C=O) groups is 1. The predicted octanol–water partition coefficient (Wildman–Crippen LogP) is 4.37. The first-order valence-electron chi connectivity index (χ1n) is 5.43. The van der Waals surface area contributed by atoms with E-state index < -0.39 is 0 Å². The number of hydrogen-bond donors (Lipinski definition) is 0. The van der Waals surface area contributed by atoms with Crippen molar-refractivity contribution in [1.29, 1.82) is 0 Å². The van der Waals surface area contributed by atoms with E-state index in [0.29, 0.717) is 0 Å². The highest BCUT2D eigenvalue weighted by atomic mass is 79.9. The first-order chi connectivity index (χ1) is 8.02. The molecule has 0 N–H and O–H groups in total. The summed E-state index contributed by atoms with van der Waals surface area (Å²) < 4.78 is 1.94. The molecule has 2 aliphatic rings. The van der Waals surface area contributed by atoms with Crippen LogP contribution in [-0.4, -0.2) is 5.78 Å². The Bertz CT molecular complexity index is 586. The number of halogens is 2. The van der Waals surface area contributed by atoms with Crippen molar-refractivity contribution < 1.29 is 4.79 Å². The minimum atomic E-state index is -0.190. The quantitative estimate of drug-likeness (QED) is 0.676. The Labute approximate surface area is 117 Å². The molecule has 0 amide bonds. The van der Waals surface area contributed by atoms with Crippen LogP contribution >= 0.6 is 31.9 Å². The van der Waals surface area contributed by atoms with E-state index in [1.54, 1.807) is 0 Å². The van der Waals surface area contributed by atoms with Crippen molar-refractivity contribution in [3.05, 3.63) is 56.5 Å². The molecule has 3 rings (SSSR count). The van der Waals surface area contributed by atoms with Gasteiger partial charge in [0.15, 0.2) is 5.78 Å². The molecular formula is C14H10Br2O. The van der Waals surface area contributed by atoms with Crippen LogP contribution in [0.2, 0.25) is 0 Å². The molecule has 1 aromatic rings. The molecule has 1 aromatic carbocycles. The third-order valence-corrected chi connectivity index (χ3v) is 4.69. The maximum Gasteiger partial charge on any atom is 0.171 e. The Hall–Kier alpha value is -0.670. The van der Waals surface area contributed by atoms with Gasteiger partial charge in [-0.2, -0.15) is 0 Å². The highest BCUT2D eigenvalue weighted by Crippen LogP contribution is 2.48. The molecule has 17 heavy (non-hydrogen) atoms. The second-order valence-corrected chi connectivity index (χ2v) is 6.53. The first kappa shape index (κ1) is 11.4. The number of fused-ring (bicyclic) bond motifs is 3. The molecule has 3 heteroatoms. The number of allylic oxidation sites excluding steroid dienone is 4. The normalized spacial score (nSPS) is 29.9. The molecule has 0 bridgehead atoms. The number of ketones is 1. The first-order valence-corrected chi connectivity index (χ1v) is 7.02. The van der Waals surface area contributed by atoms with Crippen LogP contribution in [0.4, 0.5) is 0 Å². The van der Waals surface area contributed by atoms with Crippen molar-refractivity contribution in [3.63, 3.8) is 0 Å². The van der Waals surface area contributed by atoms with Crippen molar-refractivity contribution in [2.24, 2.45) is 5.92 Å². The summed E-state index contributed by atoms with van der Waals surface area (Å²) in [6, 6.07) is 5.98. The van der Waals surface area contributed by atoms with Crippen molar-refractivity contribution in [1.82, 2.24) is 0 Å². The van der Waals surface area contributed by atoms with Crippen LogP contribution in [0.5, 0.6) is 0 Å². The molecule has 0 aromatic heterocycles. The molecule has 0 fully saturated rings. The van der Waals surface area contributed by atoms with E-state index in [1.807, 2.05) is 24.3 Å². The largest absolute Gasteiger partial charge is 0.293 e. The van der Waals surface area contributed by atoms with Crippen LogP contribution in [0.25, 0.3) is 0 Å². The monoisotopic (exact) mass is 352 g/mol. The molecular weight excluding hydrogens is 344 g/mol. The lowest BCUT2D eigenvalue weighted by atomic mass is 9.74. The molecule has 2 unspecified atom stereocenters. The van der Waals surface area contributed by atoms with Crippen molar-refractivity contribution >= 4 is 37.6 Å². The summed E-state index contributed by atoms with van der Waals surface area (Å²) in [6.45, 7) is 2.13. The maximum absolute atomic E-state index is 12.4. The molecule has 0 spiro atoms. The maximum atomic E-state index is 12.4. The van der Waals surface area contributed by atoms with Gasteiger partial charge in [-0.05, 0) is 17.7 Å². The fourth-order valence-corrected chi connectivity index (χ4v) is 3.46. The van der Waals surface area contributed by atoms with Gasteiger partial charge in [0, 0.05) is 19.9 Å². The number of hydrogen-bond acceptors (Lipinski definition) is 1. The van der Waals surface area contributed by atoms with E-state index in [-0.39, 0.29) is 17.1 Å². The molecule has 0 saturated carbocycles. The Morgan fingerprint density at radius 1 is 1.29 bits per heavy atom. The van der Waals surface area contributed by atoms with Gasteiger partial charge in [-0.1, -0.05) is 63.1 Å². The van der Waals surface area contributed by atoms with Gasteiger partial charge in [0.1, 0.15) is 0 Å². The van der Waals surface area contributed by atoms with Gasteiger partial charge in [0.05, 0.1) is 5.92 Å². The van der Waals surface area contributed by atoms with Gasteiger partial charge in [0.2, 0.25) is 0 Å². The third-order valence-electron chi connectivity index (χ3n) is 3.67. The summed E-state index contributed by atoms with van der Waals surface area (Å²) in [6.07, 6.45) is 6.16. The van der Waals surface area contributed by atoms with Gasteiger partial charge in [-0.3, -0.25) is 4.79 Å². The zero-order valence-corrected chi connectivity index (χ0v) is 12.4. The number of carbonyl (C=O) groups excluding carboxylic acids is 1. The van der Waals surface area contributed by atoms with E-state index >= 15 is 0 Å². The Balaban J connectivity index is 2.26. The summed E-state index contributed by atoms with van der Waals surface area (Å²) in [5, 5.41) is 0. The second kappa shape index (κ2) is 3.66. The van der Waals surface area contributed by atoms with Gasteiger partial charge >= 0.3 is 0 Å². The van der Waals surface area contributed by atoms with E-state index in [9.17, 15) is 4.79 Å². The summed E-state index contributed by atoms with van der Waals surface area (Å²) in [7, 11) is 0. The van der Waals surface area contributed by atoms with E-state index in [0.717, 1.165) is 20.1 Å². The minimum Gasteiger partial charge on any atom is -0.293 e. The summed E-state index contributed by atoms with van der Waals surface area (Å²) in [5.74, 6) is 0.135. The van der Waals surface area contributed by atoms with Gasteiger partial charge in [-0.25, -0.2) is 0 Å². The lowest BCUT2D eigenvalue weighted by molar-refractivity contribution is 0.0938.